The Morgan fingerprint density at radius 3 is 1.95 bits per heavy atom. The summed E-state index contributed by atoms with van der Waals surface area (Å²) in [6.45, 7) is 11.0. The molecule has 118 valence electrons. The summed E-state index contributed by atoms with van der Waals surface area (Å²) in [5.74, 6) is -0.375. The van der Waals surface area contributed by atoms with Gasteiger partial charge in [-0.25, -0.2) is 4.79 Å². The van der Waals surface area contributed by atoms with E-state index in [1.165, 1.54) is 0 Å². The van der Waals surface area contributed by atoms with Gasteiger partial charge in [0.25, 0.3) is 0 Å². The Kier molecular flexibility index (Phi) is 13.9. The Labute approximate surface area is 123 Å². The van der Waals surface area contributed by atoms with Crippen LogP contribution in [-0.2, 0) is 22.8 Å². The Morgan fingerprint density at radius 1 is 1.20 bits per heavy atom. The van der Waals surface area contributed by atoms with Crippen LogP contribution in [0.5, 0.6) is 0 Å². The maximum absolute atomic E-state index is 11.1. The highest BCUT2D eigenvalue weighted by Crippen LogP contribution is 2.14. The zero-order chi connectivity index (χ0) is 16.0. The minimum atomic E-state index is -2.53. The molecular weight excluding hydrogens is 276 g/mol. The van der Waals surface area contributed by atoms with Crippen LogP contribution in [0.3, 0.4) is 0 Å². The maximum Gasteiger partial charge on any atom is 0.500 e. The predicted octanol–water partition coefficient (Wildman–Crippen LogP) is 2.96. The molecule has 6 heteroatoms. The second-order valence-electron chi connectivity index (χ2n) is 4.01. The first-order valence-corrected chi connectivity index (χ1v) is 8.45. The summed E-state index contributed by atoms with van der Waals surface area (Å²) in [6.07, 6.45) is 3.60. The number of carbonyl (C=O) groups excluding carboxylic acids is 1. The van der Waals surface area contributed by atoms with Crippen molar-refractivity contribution in [3.63, 3.8) is 0 Å². The van der Waals surface area contributed by atoms with E-state index in [9.17, 15) is 4.79 Å². The van der Waals surface area contributed by atoms with E-state index in [1.54, 1.807) is 28.3 Å². The van der Waals surface area contributed by atoms with Crippen molar-refractivity contribution in [3.8, 4) is 0 Å². The molecule has 0 unspecified atom stereocenters. The van der Waals surface area contributed by atoms with Gasteiger partial charge >= 0.3 is 14.8 Å². The van der Waals surface area contributed by atoms with Gasteiger partial charge in [0.1, 0.15) is 0 Å². The van der Waals surface area contributed by atoms with Gasteiger partial charge in [-0.05, 0) is 19.8 Å². The van der Waals surface area contributed by atoms with Crippen molar-refractivity contribution in [2.24, 2.45) is 0 Å². The first-order valence-electron chi connectivity index (χ1n) is 6.51. The van der Waals surface area contributed by atoms with Crippen molar-refractivity contribution in [3.05, 3.63) is 24.8 Å². The summed E-state index contributed by atoms with van der Waals surface area (Å²) in [4.78, 5) is 11.1. The quantitative estimate of drug-likeness (QED) is 0.215. The molecule has 0 atom stereocenters. The van der Waals surface area contributed by atoms with Crippen molar-refractivity contribution in [1.29, 1.82) is 0 Å². The highest BCUT2D eigenvalue weighted by atomic mass is 28.4. The maximum atomic E-state index is 11.1. The molecule has 20 heavy (non-hydrogen) atoms. The predicted molar refractivity (Wildman–Crippen MR) is 82.5 cm³/mol. The van der Waals surface area contributed by atoms with Crippen molar-refractivity contribution < 1.29 is 22.8 Å². The van der Waals surface area contributed by atoms with Gasteiger partial charge in [-0.15, -0.1) is 6.58 Å². The Hall–Kier alpha value is -0.953. The topological polar surface area (TPSA) is 54.0 Å². The molecule has 0 aromatic heterocycles. The number of hydrogen-bond acceptors (Lipinski definition) is 5. The smallest absolute Gasteiger partial charge is 0.462 e. The molecule has 0 aromatic rings. The van der Waals surface area contributed by atoms with Gasteiger partial charge in [0, 0.05) is 32.9 Å². The number of esters is 1. The second-order valence-corrected chi connectivity index (χ2v) is 7.10. The van der Waals surface area contributed by atoms with Crippen LogP contribution < -0.4 is 0 Å². The van der Waals surface area contributed by atoms with Crippen LogP contribution in [0.4, 0.5) is 0 Å². The number of carbonyl (C=O) groups is 1. The lowest BCUT2D eigenvalue weighted by molar-refractivity contribution is -0.139. The molecule has 0 saturated heterocycles. The van der Waals surface area contributed by atoms with Gasteiger partial charge < -0.3 is 18.0 Å². The zero-order valence-electron chi connectivity index (χ0n) is 13.4. The van der Waals surface area contributed by atoms with Crippen molar-refractivity contribution in [2.75, 3.05) is 27.9 Å². The van der Waals surface area contributed by atoms with E-state index < -0.39 is 8.80 Å². The van der Waals surface area contributed by atoms with E-state index in [1.807, 2.05) is 6.08 Å². The summed E-state index contributed by atoms with van der Waals surface area (Å²) >= 11 is 0. The molecule has 0 amide bonds. The summed E-state index contributed by atoms with van der Waals surface area (Å²) in [5, 5.41) is 0. The van der Waals surface area contributed by atoms with Crippen LogP contribution in [-0.4, -0.2) is 42.7 Å². The van der Waals surface area contributed by atoms with Crippen LogP contribution >= 0.6 is 0 Å². The number of hydrogen-bond donors (Lipinski definition) is 0. The highest BCUT2D eigenvalue weighted by Gasteiger charge is 2.36. The molecule has 0 rings (SSSR count). The third-order valence-corrected chi connectivity index (χ3v) is 5.26. The van der Waals surface area contributed by atoms with Crippen molar-refractivity contribution in [1.82, 2.24) is 0 Å². The third-order valence-electron chi connectivity index (χ3n) is 2.43. The van der Waals surface area contributed by atoms with Gasteiger partial charge in [-0.1, -0.05) is 19.6 Å². The fourth-order valence-corrected chi connectivity index (χ4v) is 2.82. The molecule has 0 heterocycles. The minimum Gasteiger partial charge on any atom is -0.462 e. The summed E-state index contributed by atoms with van der Waals surface area (Å²) in [6, 6.07) is 0.611. The first kappa shape index (κ1) is 21.3. The van der Waals surface area contributed by atoms with Crippen LogP contribution in [0.2, 0.25) is 6.04 Å². The molecule has 0 spiro atoms. The van der Waals surface area contributed by atoms with Gasteiger partial charge in [-0.3, -0.25) is 0 Å². The number of allylic oxidation sites excluding steroid dienone is 1. The lowest BCUT2D eigenvalue weighted by Gasteiger charge is -2.24. The van der Waals surface area contributed by atoms with Gasteiger partial charge in [0.05, 0.1) is 6.61 Å². The number of ether oxygens (including phenoxy) is 1. The van der Waals surface area contributed by atoms with Crippen LogP contribution in [0.1, 0.15) is 26.7 Å². The Bertz CT molecular complexity index is 279. The largest absolute Gasteiger partial charge is 0.500 e. The molecule has 0 aromatic carbocycles. The van der Waals surface area contributed by atoms with E-state index in [-0.39, 0.29) is 5.97 Å². The normalized spacial score (nSPS) is 10.2. The molecular formula is C14H28O5Si. The standard InChI is InChI=1S/C10H20O5Si.C4H8/c1-9(2)10(11)15-7-6-8-16(12-3,13-4)14-5;1-3-4-2/h1,6-8H2,2-5H3;3H,1,4H2,2H3. The molecule has 5 nitrogen and oxygen atoms in total. The SMILES string of the molecule is C=C(C)C(=O)OCCC[Si](OC)(OC)OC.C=CCC. The monoisotopic (exact) mass is 304 g/mol. The Balaban J connectivity index is 0. The summed E-state index contributed by atoms with van der Waals surface area (Å²) in [7, 11) is 2.13. The van der Waals surface area contributed by atoms with E-state index in [0.29, 0.717) is 24.6 Å². The highest BCUT2D eigenvalue weighted by molar-refractivity contribution is 6.60. The summed E-state index contributed by atoms with van der Waals surface area (Å²) in [5.41, 5.74) is 0.397. The molecule has 0 fully saturated rings. The molecule has 0 aliphatic heterocycles. The lowest BCUT2D eigenvalue weighted by Crippen LogP contribution is -2.42. The van der Waals surface area contributed by atoms with Crippen molar-refractivity contribution in [2.45, 2.75) is 32.7 Å². The zero-order valence-corrected chi connectivity index (χ0v) is 14.4. The molecule has 0 N–H and O–H groups in total. The molecule has 0 radical (unpaired) electrons. The fraction of sp³-hybridized carbons (Fsp3) is 0.643. The molecule has 0 aliphatic carbocycles. The summed E-state index contributed by atoms with van der Waals surface area (Å²) < 4.78 is 20.6. The van der Waals surface area contributed by atoms with E-state index in [2.05, 4.69) is 20.1 Å². The van der Waals surface area contributed by atoms with E-state index in [0.717, 1.165) is 6.42 Å². The van der Waals surface area contributed by atoms with E-state index in [4.69, 9.17) is 18.0 Å². The fourth-order valence-electron chi connectivity index (χ4n) is 1.13. The van der Waals surface area contributed by atoms with Gasteiger partial charge in [-0.2, -0.15) is 0 Å². The lowest BCUT2D eigenvalue weighted by atomic mass is 10.4. The third kappa shape index (κ3) is 9.91. The van der Waals surface area contributed by atoms with Gasteiger partial charge in [0.2, 0.25) is 0 Å². The number of rotatable bonds is 9. The average Bonchev–Trinajstić information content (AvgIpc) is 2.48. The minimum absolute atomic E-state index is 0.316. The van der Waals surface area contributed by atoms with Crippen LogP contribution in [0.15, 0.2) is 24.8 Å². The molecule has 0 aliphatic rings. The van der Waals surface area contributed by atoms with Crippen LogP contribution in [0.25, 0.3) is 0 Å². The molecule has 0 saturated carbocycles. The first-order chi connectivity index (χ1) is 9.42. The average molecular weight is 304 g/mol. The van der Waals surface area contributed by atoms with Crippen molar-refractivity contribution >= 4 is 14.8 Å². The van der Waals surface area contributed by atoms with E-state index >= 15 is 0 Å². The van der Waals surface area contributed by atoms with Gasteiger partial charge in [0.15, 0.2) is 0 Å². The van der Waals surface area contributed by atoms with Crippen LogP contribution in [0, 0.1) is 0 Å². The second kappa shape index (κ2) is 13.0. The Morgan fingerprint density at radius 2 is 1.65 bits per heavy atom. The molecule has 0 bridgehead atoms.